The molecule has 1 atom stereocenters. The predicted molar refractivity (Wildman–Crippen MR) is 114 cm³/mol. The third kappa shape index (κ3) is 3.91. The number of nitrogens with one attached hydrogen (secondary N) is 4. The Morgan fingerprint density at radius 1 is 1.19 bits per heavy atom. The highest BCUT2D eigenvalue weighted by Crippen LogP contribution is 2.43. The van der Waals surface area contributed by atoms with Crippen molar-refractivity contribution in [2.75, 3.05) is 20.8 Å². The van der Waals surface area contributed by atoms with Gasteiger partial charge in [-0.2, -0.15) is 0 Å². The molecule has 27 heavy (non-hydrogen) atoms. The van der Waals surface area contributed by atoms with Gasteiger partial charge in [-0.1, -0.05) is 20.3 Å². The van der Waals surface area contributed by atoms with E-state index >= 15 is 0 Å². The van der Waals surface area contributed by atoms with E-state index in [-0.39, 0.29) is 24.1 Å². The van der Waals surface area contributed by atoms with Crippen molar-refractivity contribution in [1.29, 1.82) is 10.8 Å². The van der Waals surface area contributed by atoms with Gasteiger partial charge in [0.1, 0.15) is 17.3 Å². The summed E-state index contributed by atoms with van der Waals surface area (Å²) in [5.41, 5.74) is 2.05. The first kappa shape index (κ1) is 21.1. The molecule has 7 nitrogen and oxygen atoms in total. The van der Waals surface area contributed by atoms with Crippen molar-refractivity contribution < 1.29 is 9.47 Å². The molecule has 3 rings (SSSR count). The van der Waals surface area contributed by atoms with Gasteiger partial charge in [0.25, 0.3) is 0 Å². The molecule has 9 heteroatoms. The van der Waals surface area contributed by atoms with Crippen LogP contribution in [-0.4, -0.2) is 37.6 Å². The molecule has 1 aromatic carbocycles. The normalized spacial score (nSPS) is 19.0. The second kappa shape index (κ2) is 8.67. The third-order valence-corrected chi connectivity index (χ3v) is 5.50. The molecule has 0 amide bonds. The quantitative estimate of drug-likeness (QED) is 0.596. The van der Waals surface area contributed by atoms with Gasteiger partial charge in [0, 0.05) is 6.54 Å². The number of hydrogen-bond acceptors (Lipinski definition) is 6. The monoisotopic (exact) mass is 409 g/mol. The topological polar surface area (TPSA) is 103 Å². The predicted octanol–water partition coefficient (Wildman–Crippen LogP) is 3.44. The van der Waals surface area contributed by atoms with E-state index in [4.69, 9.17) is 20.3 Å². The Kier molecular flexibility index (Phi) is 6.78. The maximum Gasteiger partial charge on any atom is 0.168 e. The Morgan fingerprint density at radius 2 is 1.81 bits per heavy atom. The fourth-order valence-electron chi connectivity index (χ4n) is 2.79. The number of methoxy groups -OCH3 is 2. The molecule has 2 heterocycles. The summed E-state index contributed by atoms with van der Waals surface area (Å²) >= 11 is 1.41. The lowest BCUT2D eigenvalue weighted by Crippen LogP contribution is -2.24. The number of hydrogen-bond donors (Lipinski definition) is 4. The highest BCUT2D eigenvalue weighted by atomic mass is 35.5. The van der Waals surface area contributed by atoms with Gasteiger partial charge in [-0.15, -0.1) is 12.4 Å². The van der Waals surface area contributed by atoms with Crippen LogP contribution in [0.5, 0.6) is 11.5 Å². The number of nitrogens with zero attached hydrogens (tertiary/aromatic N) is 1. The summed E-state index contributed by atoms with van der Waals surface area (Å²) in [5.74, 6) is 2.17. The Balaban J connectivity index is 0.00000261. The van der Waals surface area contributed by atoms with Crippen LogP contribution in [0.3, 0.4) is 0 Å². The van der Waals surface area contributed by atoms with Gasteiger partial charge in [0.2, 0.25) is 0 Å². The molecule has 1 aromatic rings. The van der Waals surface area contributed by atoms with Crippen LogP contribution in [0, 0.1) is 16.7 Å². The van der Waals surface area contributed by atoms with Crippen molar-refractivity contribution in [2.24, 2.45) is 10.9 Å². The van der Waals surface area contributed by atoms with E-state index in [1.54, 1.807) is 20.3 Å². The van der Waals surface area contributed by atoms with Gasteiger partial charge in [-0.3, -0.25) is 10.8 Å². The van der Waals surface area contributed by atoms with Gasteiger partial charge in [0.05, 0.1) is 35.9 Å². The summed E-state index contributed by atoms with van der Waals surface area (Å²) in [4.78, 5) is 5.00. The Bertz CT molecular complexity index is 837. The molecule has 2 aliphatic rings. The van der Waals surface area contributed by atoms with E-state index in [0.29, 0.717) is 38.8 Å². The molecule has 1 unspecified atom stereocenters. The Hall–Kier alpha value is -2.19. The molecule has 0 aromatic heterocycles. The molecule has 0 aliphatic carbocycles. The second-order valence-corrected chi connectivity index (χ2v) is 7.19. The zero-order chi connectivity index (χ0) is 18.8. The molecular formula is C18H24ClN5O2S. The smallest absolute Gasteiger partial charge is 0.168 e. The van der Waals surface area contributed by atoms with Crippen molar-refractivity contribution in [3.8, 4) is 11.5 Å². The summed E-state index contributed by atoms with van der Waals surface area (Å²) in [5, 5.41) is 23.7. The lowest BCUT2D eigenvalue weighted by molar-refractivity contribution is 0.402. The number of ether oxygens (including phenoxy) is 2. The van der Waals surface area contributed by atoms with Crippen LogP contribution >= 0.6 is 24.2 Å². The van der Waals surface area contributed by atoms with Crippen molar-refractivity contribution in [3.05, 3.63) is 28.2 Å². The van der Waals surface area contributed by atoms with Crippen LogP contribution in [0.25, 0.3) is 5.70 Å². The first-order chi connectivity index (χ1) is 12.5. The van der Waals surface area contributed by atoms with E-state index < -0.39 is 0 Å². The van der Waals surface area contributed by atoms with Gasteiger partial charge in [-0.25, -0.2) is 4.99 Å². The molecule has 0 saturated carbocycles. The number of amidine groups is 3. The molecule has 2 aliphatic heterocycles. The van der Waals surface area contributed by atoms with Gasteiger partial charge >= 0.3 is 0 Å². The summed E-state index contributed by atoms with van der Waals surface area (Å²) < 4.78 is 10.9. The standard InChI is InChI=1S/C18H23N5O2S.ClH/c1-5-9(2)8-21-18-23-17(20)15(26-18)14-12-10(24-3)6-7-11(25-4)13(12)16(19)22-14;/h6-7,9H,5,8H2,1-4H3,(H2,19,22)(H2,20,21,23);1H. The number of aliphatic imine (C=N–C) groups is 1. The minimum Gasteiger partial charge on any atom is -0.496 e. The molecule has 0 bridgehead atoms. The van der Waals surface area contributed by atoms with E-state index in [2.05, 4.69) is 29.5 Å². The summed E-state index contributed by atoms with van der Waals surface area (Å²) in [6.07, 6.45) is 1.08. The maximum absolute atomic E-state index is 8.31. The second-order valence-electron chi connectivity index (χ2n) is 6.19. The Labute approximate surface area is 169 Å². The average Bonchev–Trinajstić information content (AvgIpc) is 3.19. The number of benzene rings is 1. The van der Waals surface area contributed by atoms with Crippen molar-refractivity contribution in [1.82, 2.24) is 10.6 Å². The molecule has 146 valence electrons. The van der Waals surface area contributed by atoms with Crippen LogP contribution in [-0.2, 0) is 0 Å². The van der Waals surface area contributed by atoms with E-state index in [0.717, 1.165) is 18.5 Å². The number of thioether (sulfide) groups is 1. The fraction of sp³-hybridized carbons (Fsp3) is 0.389. The lowest BCUT2D eigenvalue weighted by Gasteiger charge is -2.12. The fourth-order valence-corrected chi connectivity index (χ4v) is 3.68. The Morgan fingerprint density at radius 3 is 2.41 bits per heavy atom. The van der Waals surface area contributed by atoms with Crippen LogP contribution in [0.2, 0.25) is 0 Å². The summed E-state index contributed by atoms with van der Waals surface area (Å²) in [6.45, 7) is 5.14. The largest absolute Gasteiger partial charge is 0.496 e. The highest BCUT2D eigenvalue weighted by Gasteiger charge is 2.34. The van der Waals surface area contributed by atoms with E-state index in [9.17, 15) is 0 Å². The van der Waals surface area contributed by atoms with Gasteiger partial charge < -0.3 is 20.1 Å². The zero-order valence-corrected chi connectivity index (χ0v) is 17.4. The molecule has 0 spiro atoms. The van der Waals surface area contributed by atoms with Crippen molar-refractivity contribution >= 4 is 46.7 Å². The first-order valence-corrected chi connectivity index (χ1v) is 9.26. The number of fused-ring (bicyclic) bond motifs is 1. The van der Waals surface area contributed by atoms with Gasteiger partial charge in [0.15, 0.2) is 11.0 Å². The molecule has 4 N–H and O–H groups in total. The van der Waals surface area contributed by atoms with Crippen LogP contribution in [0.15, 0.2) is 22.0 Å². The highest BCUT2D eigenvalue weighted by molar-refractivity contribution is 8.18. The van der Waals surface area contributed by atoms with Crippen LogP contribution < -0.4 is 20.1 Å². The molecule has 0 saturated heterocycles. The molecule has 0 radical (unpaired) electrons. The number of rotatable bonds is 5. The minimum atomic E-state index is 0. The lowest BCUT2D eigenvalue weighted by atomic mass is 10.0. The number of halogens is 1. The first-order valence-electron chi connectivity index (χ1n) is 8.45. The summed E-state index contributed by atoms with van der Waals surface area (Å²) in [6, 6.07) is 3.59. The van der Waals surface area contributed by atoms with Crippen molar-refractivity contribution in [2.45, 2.75) is 20.3 Å². The zero-order valence-electron chi connectivity index (χ0n) is 15.7. The molecular weight excluding hydrogens is 386 g/mol. The summed E-state index contributed by atoms with van der Waals surface area (Å²) in [7, 11) is 3.17. The van der Waals surface area contributed by atoms with E-state index in [1.807, 2.05) is 6.07 Å². The van der Waals surface area contributed by atoms with Crippen molar-refractivity contribution in [3.63, 3.8) is 0 Å². The maximum atomic E-state index is 8.31. The SMILES string of the molecule is CCC(C)CNC1=NC(=N)C(=C2NC(=N)c3c(OC)ccc(OC)c32)S1.Cl. The van der Waals surface area contributed by atoms with E-state index in [1.165, 1.54) is 11.8 Å². The van der Waals surface area contributed by atoms with Gasteiger partial charge in [-0.05, 0) is 29.8 Å². The minimum absolute atomic E-state index is 0. The third-order valence-electron chi connectivity index (χ3n) is 4.47. The molecule has 0 fully saturated rings. The average molecular weight is 410 g/mol. The van der Waals surface area contributed by atoms with Crippen LogP contribution in [0.4, 0.5) is 0 Å². The van der Waals surface area contributed by atoms with Crippen LogP contribution in [0.1, 0.15) is 31.4 Å².